The van der Waals surface area contributed by atoms with E-state index in [4.69, 9.17) is 9.72 Å². The van der Waals surface area contributed by atoms with Crippen molar-refractivity contribution in [2.24, 2.45) is 5.92 Å². The second-order valence-corrected chi connectivity index (χ2v) is 8.38. The predicted octanol–water partition coefficient (Wildman–Crippen LogP) is 3.98. The third-order valence-electron chi connectivity index (χ3n) is 6.41. The van der Waals surface area contributed by atoms with Crippen molar-refractivity contribution in [3.8, 4) is 17.0 Å². The lowest BCUT2D eigenvalue weighted by molar-refractivity contribution is 0.0959. The van der Waals surface area contributed by atoms with Gasteiger partial charge in [-0.25, -0.2) is 4.98 Å². The van der Waals surface area contributed by atoms with Crippen LogP contribution >= 0.6 is 0 Å². The molecule has 1 unspecified atom stereocenters. The van der Waals surface area contributed by atoms with Crippen molar-refractivity contribution in [3.63, 3.8) is 0 Å². The van der Waals surface area contributed by atoms with E-state index < -0.39 is 0 Å². The first-order valence-electron chi connectivity index (χ1n) is 11.0. The lowest BCUT2D eigenvalue weighted by atomic mass is 9.91. The number of hydrogen-bond acceptors (Lipinski definition) is 4. The second kappa shape index (κ2) is 9.47. The van der Waals surface area contributed by atoms with Crippen molar-refractivity contribution in [1.29, 1.82) is 0 Å². The van der Waals surface area contributed by atoms with Crippen molar-refractivity contribution in [1.82, 2.24) is 20.2 Å². The highest BCUT2D eigenvalue weighted by Gasteiger charge is 2.27. The number of carbonyl (C=O) groups is 1. The summed E-state index contributed by atoms with van der Waals surface area (Å²) >= 11 is 0. The molecule has 160 valence electrons. The van der Waals surface area contributed by atoms with Crippen LogP contribution in [-0.4, -0.2) is 54.6 Å². The number of ether oxygens (including phenoxy) is 1. The number of aromatic nitrogens is 2. The standard InChI is InChI=1S/C24H32N4O2/c1-25-24(29)22-21(18-8-10-20(30-2)11-9-18)26-23(27-22)19-12-14-28(15-13-19)16-17-6-4-3-5-7-17/h3-4,8-11,17,19H,5-7,12-16H2,1-2H3,(H,25,29)(H,26,27). The van der Waals surface area contributed by atoms with E-state index in [2.05, 4.69) is 27.4 Å². The lowest BCUT2D eigenvalue weighted by Crippen LogP contribution is -2.37. The minimum Gasteiger partial charge on any atom is -0.497 e. The van der Waals surface area contributed by atoms with Gasteiger partial charge < -0.3 is 19.9 Å². The molecule has 1 saturated heterocycles. The van der Waals surface area contributed by atoms with E-state index >= 15 is 0 Å². The summed E-state index contributed by atoms with van der Waals surface area (Å²) in [4.78, 5) is 23.3. The Morgan fingerprint density at radius 1 is 1.20 bits per heavy atom. The van der Waals surface area contributed by atoms with E-state index in [-0.39, 0.29) is 5.91 Å². The quantitative estimate of drug-likeness (QED) is 0.710. The highest BCUT2D eigenvalue weighted by molar-refractivity contribution is 5.98. The number of aromatic amines is 1. The molecule has 2 heterocycles. The number of benzene rings is 1. The van der Waals surface area contributed by atoms with Gasteiger partial charge in [0.25, 0.3) is 5.91 Å². The number of H-pyrrole nitrogens is 1. The summed E-state index contributed by atoms with van der Waals surface area (Å²) in [6.45, 7) is 3.40. The van der Waals surface area contributed by atoms with Gasteiger partial charge in [0, 0.05) is 25.1 Å². The van der Waals surface area contributed by atoms with E-state index in [0.29, 0.717) is 17.3 Å². The molecule has 0 radical (unpaired) electrons. The van der Waals surface area contributed by atoms with E-state index in [0.717, 1.165) is 49.0 Å². The average Bonchev–Trinajstić information content (AvgIpc) is 3.25. The fraction of sp³-hybridized carbons (Fsp3) is 0.500. The Balaban J connectivity index is 1.47. The third-order valence-corrected chi connectivity index (χ3v) is 6.41. The molecule has 2 aliphatic rings. The number of nitrogens with zero attached hydrogens (tertiary/aromatic N) is 2. The smallest absolute Gasteiger partial charge is 0.269 e. The molecule has 6 heteroatoms. The van der Waals surface area contributed by atoms with Gasteiger partial charge in [0.1, 0.15) is 23.0 Å². The van der Waals surface area contributed by atoms with Crippen LogP contribution in [0.4, 0.5) is 0 Å². The number of nitrogens with one attached hydrogen (secondary N) is 2. The molecule has 2 N–H and O–H groups in total. The Morgan fingerprint density at radius 3 is 2.60 bits per heavy atom. The van der Waals surface area contributed by atoms with Crippen LogP contribution in [0.2, 0.25) is 0 Å². The molecule has 0 spiro atoms. The largest absolute Gasteiger partial charge is 0.497 e. The van der Waals surface area contributed by atoms with Crippen LogP contribution in [0.25, 0.3) is 11.3 Å². The second-order valence-electron chi connectivity index (χ2n) is 8.38. The minimum absolute atomic E-state index is 0.137. The Bertz CT molecular complexity index is 879. The van der Waals surface area contributed by atoms with Gasteiger partial charge in [-0.15, -0.1) is 0 Å². The first-order valence-corrected chi connectivity index (χ1v) is 11.0. The zero-order valence-electron chi connectivity index (χ0n) is 18.0. The number of rotatable bonds is 6. The van der Waals surface area contributed by atoms with Crippen LogP contribution < -0.4 is 10.1 Å². The number of hydrogen-bond donors (Lipinski definition) is 2. The Morgan fingerprint density at radius 2 is 1.97 bits per heavy atom. The Kier molecular flexibility index (Phi) is 6.53. The number of methoxy groups -OCH3 is 1. The van der Waals surface area contributed by atoms with E-state index in [1.165, 1.54) is 25.8 Å². The number of carbonyl (C=O) groups excluding carboxylic acids is 1. The number of imidazole rings is 1. The van der Waals surface area contributed by atoms with Crippen molar-refractivity contribution >= 4 is 5.91 Å². The Labute approximate surface area is 178 Å². The summed E-state index contributed by atoms with van der Waals surface area (Å²) in [5, 5.41) is 2.73. The van der Waals surface area contributed by atoms with Gasteiger partial charge in [0.05, 0.1) is 7.11 Å². The molecule has 1 atom stereocenters. The SMILES string of the molecule is CNC(=O)c1[nH]c(C2CCN(CC3CC=CCC3)CC2)nc1-c1ccc(OC)cc1. The first-order chi connectivity index (χ1) is 14.7. The first kappa shape index (κ1) is 20.7. The van der Waals surface area contributed by atoms with Gasteiger partial charge in [-0.3, -0.25) is 4.79 Å². The van der Waals surface area contributed by atoms with E-state index in [1.54, 1.807) is 14.2 Å². The number of likely N-dealkylation sites (tertiary alicyclic amines) is 1. The summed E-state index contributed by atoms with van der Waals surface area (Å²) in [6, 6.07) is 7.70. The normalized spacial score (nSPS) is 20.3. The predicted molar refractivity (Wildman–Crippen MR) is 119 cm³/mol. The zero-order valence-corrected chi connectivity index (χ0v) is 18.0. The van der Waals surface area contributed by atoms with Crippen molar-refractivity contribution in [2.75, 3.05) is 33.8 Å². The highest BCUT2D eigenvalue weighted by atomic mass is 16.5. The minimum atomic E-state index is -0.137. The van der Waals surface area contributed by atoms with Gasteiger partial charge in [-0.1, -0.05) is 12.2 Å². The van der Waals surface area contributed by atoms with Crippen LogP contribution in [0, 0.1) is 5.92 Å². The lowest BCUT2D eigenvalue weighted by Gasteiger charge is -2.34. The van der Waals surface area contributed by atoms with Crippen LogP contribution in [0.5, 0.6) is 5.75 Å². The van der Waals surface area contributed by atoms with Crippen molar-refractivity contribution in [3.05, 3.63) is 47.9 Å². The molecule has 1 amide bonds. The summed E-state index contributed by atoms with van der Waals surface area (Å²) in [6.07, 6.45) is 10.6. The van der Waals surface area contributed by atoms with Crippen LogP contribution in [0.15, 0.2) is 36.4 Å². The number of amides is 1. The summed E-state index contributed by atoms with van der Waals surface area (Å²) in [5.74, 6) is 2.75. The molecule has 30 heavy (non-hydrogen) atoms. The van der Waals surface area contributed by atoms with Gasteiger partial charge in [-0.05, 0) is 75.4 Å². The van der Waals surface area contributed by atoms with Crippen molar-refractivity contribution in [2.45, 2.75) is 38.0 Å². The monoisotopic (exact) mass is 408 g/mol. The molecule has 4 rings (SSSR count). The molecule has 1 aliphatic heterocycles. The van der Waals surface area contributed by atoms with Gasteiger partial charge >= 0.3 is 0 Å². The van der Waals surface area contributed by atoms with Gasteiger partial charge in [0.2, 0.25) is 0 Å². The maximum absolute atomic E-state index is 12.5. The molecule has 1 aromatic heterocycles. The maximum atomic E-state index is 12.5. The van der Waals surface area contributed by atoms with Gasteiger partial charge in [0.15, 0.2) is 0 Å². The van der Waals surface area contributed by atoms with E-state index in [1.807, 2.05) is 24.3 Å². The molecule has 1 fully saturated rings. The summed E-state index contributed by atoms with van der Waals surface area (Å²) in [5.41, 5.74) is 2.16. The van der Waals surface area contributed by atoms with Crippen LogP contribution in [-0.2, 0) is 0 Å². The van der Waals surface area contributed by atoms with Crippen LogP contribution in [0.3, 0.4) is 0 Å². The molecule has 6 nitrogen and oxygen atoms in total. The number of piperidine rings is 1. The molecular formula is C24H32N4O2. The molecular weight excluding hydrogens is 376 g/mol. The fourth-order valence-corrected chi connectivity index (χ4v) is 4.61. The fourth-order valence-electron chi connectivity index (χ4n) is 4.61. The molecule has 0 saturated carbocycles. The van der Waals surface area contributed by atoms with E-state index in [9.17, 15) is 4.79 Å². The molecule has 0 bridgehead atoms. The summed E-state index contributed by atoms with van der Waals surface area (Å²) in [7, 11) is 3.30. The maximum Gasteiger partial charge on any atom is 0.269 e. The molecule has 2 aromatic rings. The van der Waals surface area contributed by atoms with Crippen molar-refractivity contribution < 1.29 is 9.53 Å². The topological polar surface area (TPSA) is 70.2 Å². The highest BCUT2D eigenvalue weighted by Crippen LogP contribution is 2.32. The Hall–Kier alpha value is -2.60. The average molecular weight is 409 g/mol. The number of allylic oxidation sites excluding steroid dienone is 2. The third kappa shape index (κ3) is 4.59. The molecule has 1 aliphatic carbocycles. The molecule has 1 aromatic carbocycles. The zero-order chi connectivity index (χ0) is 20.9. The summed E-state index contributed by atoms with van der Waals surface area (Å²) < 4.78 is 5.25. The van der Waals surface area contributed by atoms with Gasteiger partial charge in [-0.2, -0.15) is 0 Å². The van der Waals surface area contributed by atoms with Crippen LogP contribution in [0.1, 0.15) is 54.3 Å².